The Morgan fingerprint density at radius 3 is 3.00 bits per heavy atom. The summed E-state index contributed by atoms with van der Waals surface area (Å²) in [7, 11) is 2.07. The fourth-order valence-corrected chi connectivity index (χ4v) is 2.49. The quantitative estimate of drug-likeness (QED) is 0.727. The van der Waals surface area contributed by atoms with Crippen LogP contribution in [-0.2, 0) is 4.74 Å². The van der Waals surface area contributed by atoms with E-state index in [-0.39, 0.29) is 0 Å². The van der Waals surface area contributed by atoms with Crippen molar-refractivity contribution < 1.29 is 4.74 Å². The Bertz CT molecular complexity index is 192. The third kappa shape index (κ3) is 2.27. The van der Waals surface area contributed by atoms with E-state index in [1.165, 1.54) is 32.4 Å². The molecule has 0 aromatic heterocycles. The Morgan fingerprint density at radius 1 is 1.57 bits per heavy atom. The second-order valence-corrected chi connectivity index (χ2v) is 4.93. The van der Waals surface area contributed by atoms with Crippen LogP contribution in [0, 0.1) is 0 Å². The third-order valence-corrected chi connectivity index (χ3v) is 3.64. The molecule has 0 spiro atoms. The Labute approximate surface area is 86.8 Å². The van der Waals surface area contributed by atoms with Crippen molar-refractivity contribution in [3.63, 3.8) is 0 Å². The fourth-order valence-electron chi connectivity index (χ4n) is 2.49. The van der Waals surface area contributed by atoms with Gasteiger partial charge in [-0.05, 0) is 33.2 Å². The smallest absolute Gasteiger partial charge is 0.0702 e. The van der Waals surface area contributed by atoms with E-state index in [9.17, 15) is 0 Å². The van der Waals surface area contributed by atoms with Crippen molar-refractivity contribution in [2.24, 2.45) is 0 Å². The molecule has 2 atom stereocenters. The van der Waals surface area contributed by atoms with Gasteiger partial charge in [-0.15, -0.1) is 0 Å². The van der Waals surface area contributed by atoms with Crippen molar-refractivity contribution in [1.29, 1.82) is 0 Å². The standard InChI is InChI=1S/C11H22N2O/c1-11(12-2)5-6-13(9-11)8-10-4-3-7-14-10/h10,12H,3-9H2,1-2H3. The molecule has 3 nitrogen and oxygen atoms in total. The summed E-state index contributed by atoms with van der Waals surface area (Å²) < 4.78 is 5.65. The molecule has 0 aliphatic carbocycles. The first-order valence-electron chi connectivity index (χ1n) is 5.75. The molecule has 0 bridgehead atoms. The van der Waals surface area contributed by atoms with E-state index in [2.05, 4.69) is 24.2 Å². The first-order valence-corrected chi connectivity index (χ1v) is 5.75. The molecule has 1 N–H and O–H groups in total. The molecule has 0 radical (unpaired) electrons. The average Bonchev–Trinajstić information content (AvgIpc) is 2.78. The average molecular weight is 198 g/mol. The predicted octanol–water partition coefficient (Wildman–Crippen LogP) is 0.849. The topological polar surface area (TPSA) is 24.5 Å². The molecule has 0 aromatic rings. The van der Waals surface area contributed by atoms with Gasteiger partial charge in [-0.3, -0.25) is 4.90 Å². The molecule has 2 saturated heterocycles. The maximum Gasteiger partial charge on any atom is 0.0702 e. The molecule has 14 heavy (non-hydrogen) atoms. The lowest BCUT2D eigenvalue weighted by molar-refractivity contribution is 0.0787. The van der Waals surface area contributed by atoms with Crippen LogP contribution in [0.5, 0.6) is 0 Å². The van der Waals surface area contributed by atoms with Gasteiger partial charge in [0.1, 0.15) is 0 Å². The summed E-state index contributed by atoms with van der Waals surface area (Å²) in [5, 5.41) is 3.41. The largest absolute Gasteiger partial charge is 0.377 e. The Morgan fingerprint density at radius 2 is 2.43 bits per heavy atom. The van der Waals surface area contributed by atoms with Crippen LogP contribution in [0.1, 0.15) is 26.2 Å². The lowest BCUT2D eigenvalue weighted by Gasteiger charge is -2.25. The van der Waals surface area contributed by atoms with Gasteiger partial charge in [0, 0.05) is 31.8 Å². The minimum atomic E-state index is 0.332. The van der Waals surface area contributed by atoms with Crippen LogP contribution in [0.4, 0.5) is 0 Å². The number of nitrogens with zero attached hydrogens (tertiary/aromatic N) is 1. The lowest BCUT2D eigenvalue weighted by Crippen LogP contribution is -2.43. The van der Waals surface area contributed by atoms with Crippen LogP contribution >= 0.6 is 0 Å². The van der Waals surface area contributed by atoms with E-state index in [0.29, 0.717) is 11.6 Å². The summed E-state index contributed by atoms with van der Waals surface area (Å²) in [5.41, 5.74) is 0.332. The van der Waals surface area contributed by atoms with Gasteiger partial charge >= 0.3 is 0 Å². The van der Waals surface area contributed by atoms with E-state index in [1.54, 1.807) is 0 Å². The number of hydrogen-bond acceptors (Lipinski definition) is 3. The molecule has 2 aliphatic heterocycles. The lowest BCUT2D eigenvalue weighted by atomic mass is 10.0. The Hall–Kier alpha value is -0.120. The van der Waals surface area contributed by atoms with Gasteiger partial charge in [-0.25, -0.2) is 0 Å². The zero-order chi connectivity index (χ0) is 10.0. The van der Waals surface area contributed by atoms with Crippen molar-refractivity contribution >= 4 is 0 Å². The number of hydrogen-bond donors (Lipinski definition) is 1. The molecule has 0 saturated carbocycles. The molecule has 2 rings (SSSR count). The van der Waals surface area contributed by atoms with Gasteiger partial charge in [0.2, 0.25) is 0 Å². The van der Waals surface area contributed by atoms with E-state index in [1.807, 2.05) is 0 Å². The van der Waals surface area contributed by atoms with Crippen LogP contribution in [0.3, 0.4) is 0 Å². The van der Waals surface area contributed by atoms with Crippen molar-refractivity contribution in [3.8, 4) is 0 Å². The van der Waals surface area contributed by atoms with E-state index in [0.717, 1.165) is 13.2 Å². The highest BCUT2D eigenvalue weighted by molar-refractivity contribution is 4.93. The zero-order valence-corrected chi connectivity index (χ0v) is 9.38. The highest BCUT2D eigenvalue weighted by Gasteiger charge is 2.33. The Balaban J connectivity index is 1.78. The summed E-state index contributed by atoms with van der Waals surface area (Å²) in [6.45, 7) is 6.81. The minimum absolute atomic E-state index is 0.332. The molecule has 2 heterocycles. The molecule has 0 aromatic carbocycles. The van der Waals surface area contributed by atoms with Crippen LogP contribution in [0.25, 0.3) is 0 Å². The Kier molecular flexibility index (Phi) is 3.10. The predicted molar refractivity (Wildman–Crippen MR) is 57.5 cm³/mol. The van der Waals surface area contributed by atoms with Gasteiger partial charge in [0.15, 0.2) is 0 Å². The zero-order valence-electron chi connectivity index (χ0n) is 9.38. The highest BCUT2D eigenvalue weighted by atomic mass is 16.5. The molecule has 82 valence electrons. The molecular weight excluding hydrogens is 176 g/mol. The van der Waals surface area contributed by atoms with Gasteiger partial charge < -0.3 is 10.1 Å². The first kappa shape index (κ1) is 10.4. The van der Waals surface area contributed by atoms with Gasteiger partial charge in [-0.2, -0.15) is 0 Å². The number of ether oxygens (including phenoxy) is 1. The maximum absolute atomic E-state index is 5.65. The molecule has 2 aliphatic rings. The SMILES string of the molecule is CNC1(C)CCN(CC2CCCO2)C1. The fraction of sp³-hybridized carbons (Fsp3) is 1.00. The van der Waals surface area contributed by atoms with E-state index >= 15 is 0 Å². The second kappa shape index (κ2) is 4.17. The summed E-state index contributed by atoms with van der Waals surface area (Å²) in [6, 6.07) is 0. The second-order valence-electron chi connectivity index (χ2n) is 4.93. The van der Waals surface area contributed by atoms with Crippen molar-refractivity contribution in [1.82, 2.24) is 10.2 Å². The minimum Gasteiger partial charge on any atom is -0.377 e. The molecular formula is C11H22N2O. The van der Waals surface area contributed by atoms with Gasteiger partial charge in [-0.1, -0.05) is 0 Å². The van der Waals surface area contributed by atoms with Crippen LogP contribution < -0.4 is 5.32 Å². The number of rotatable bonds is 3. The maximum atomic E-state index is 5.65. The van der Waals surface area contributed by atoms with Crippen molar-refractivity contribution in [2.75, 3.05) is 33.3 Å². The number of nitrogens with one attached hydrogen (secondary N) is 1. The van der Waals surface area contributed by atoms with Crippen molar-refractivity contribution in [2.45, 2.75) is 37.8 Å². The molecule has 0 amide bonds. The number of likely N-dealkylation sites (N-methyl/N-ethyl adjacent to an activating group) is 1. The van der Waals surface area contributed by atoms with Crippen LogP contribution in [0.2, 0.25) is 0 Å². The van der Waals surface area contributed by atoms with Crippen LogP contribution in [0.15, 0.2) is 0 Å². The highest BCUT2D eigenvalue weighted by Crippen LogP contribution is 2.22. The summed E-state index contributed by atoms with van der Waals surface area (Å²) >= 11 is 0. The molecule has 2 unspecified atom stereocenters. The first-order chi connectivity index (χ1) is 6.72. The monoisotopic (exact) mass is 198 g/mol. The number of likely N-dealkylation sites (tertiary alicyclic amines) is 1. The van der Waals surface area contributed by atoms with Crippen LogP contribution in [-0.4, -0.2) is 49.8 Å². The van der Waals surface area contributed by atoms with E-state index in [4.69, 9.17) is 4.74 Å². The summed E-state index contributed by atoms with van der Waals surface area (Å²) in [4.78, 5) is 2.53. The summed E-state index contributed by atoms with van der Waals surface area (Å²) in [5.74, 6) is 0. The molecule has 2 fully saturated rings. The molecule has 3 heteroatoms. The third-order valence-electron chi connectivity index (χ3n) is 3.64. The van der Waals surface area contributed by atoms with Gasteiger partial charge in [0.05, 0.1) is 6.10 Å². The van der Waals surface area contributed by atoms with E-state index < -0.39 is 0 Å². The van der Waals surface area contributed by atoms with Gasteiger partial charge in [0.25, 0.3) is 0 Å². The normalized spacial score (nSPS) is 39.4. The summed E-state index contributed by atoms with van der Waals surface area (Å²) in [6.07, 6.45) is 4.28. The van der Waals surface area contributed by atoms with Crippen molar-refractivity contribution in [3.05, 3.63) is 0 Å².